The van der Waals surface area contributed by atoms with E-state index < -0.39 is 91.5 Å². The molecule has 5 unspecified atom stereocenters. The number of aliphatic hydroxyl groups excluding tert-OH is 2. The van der Waals surface area contributed by atoms with Crippen molar-refractivity contribution in [2.24, 2.45) is 0 Å². The van der Waals surface area contributed by atoms with Crippen molar-refractivity contribution >= 4 is 33.6 Å². The van der Waals surface area contributed by atoms with Crippen LogP contribution in [0.3, 0.4) is 0 Å². The Kier molecular flexibility index (Phi) is 73.4. The molecule has 5 atom stereocenters. The molecule has 4 N–H and O–H groups in total. The minimum atomic E-state index is -4.96. The molecule has 0 saturated heterocycles. The van der Waals surface area contributed by atoms with Crippen LogP contribution in [0.2, 0.25) is 0 Å². The molecule has 18 heteroatoms. The Morgan fingerprint density at radius 3 is 0.781 bits per heavy atom. The number of hydrogen-bond donors (Lipinski definition) is 4. The monoisotopic (exact) mass is 1500 g/mol. The van der Waals surface area contributed by atoms with Crippen molar-refractivity contribution < 1.29 is 75.8 Å². The summed E-state index contributed by atoms with van der Waals surface area (Å²) in [6.45, 7) is 2.21. The third-order valence-electron chi connectivity index (χ3n) is 15.5. The van der Waals surface area contributed by atoms with E-state index in [1.807, 2.05) is 12.2 Å². The van der Waals surface area contributed by atoms with Gasteiger partial charge < -0.3 is 34.2 Å². The van der Waals surface area contributed by atoms with Gasteiger partial charge in [-0.1, -0.05) is 292 Å². The van der Waals surface area contributed by atoms with Crippen molar-refractivity contribution in [3.05, 3.63) is 207 Å². The summed E-state index contributed by atoms with van der Waals surface area (Å²) in [7, 11) is -9.84. The first-order valence-corrected chi connectivity index (χ1v) is 42.4. The predicted octanol–water partition coefficient (Wildman–Crippen LogP) is 23.3. The highest BCUT2D eigenvalue weighted by Gasteiger charge is 2.29. The highest BCUT2D eigenvalue weighted by molar-refractivity contribution is 7.47. The van der Waals surface area contributed by atoms with Crippen molar-refractivity contribution in [1.82, 2.24) is 0 Å². The van der Waals surface area contributed by atoms with E-state index >= 15 is 0 Å². The molecule has 0 bridgehead atoms. The molecule has 592 valence electrons. The third kappa shape index (κ3) is 79.0. The number of rotatable bonds is 72. The smallest absolute Gasteiger partial charge is 0.463 e. The summed E-state index contributed by atoms with van der Waals surface area (Å²) in [4.78, 5) is 58.7. The number of carbonyl (C=O) groups is 3. The van der Waals surface area contributed by atoms with Gasteiger partial charge in [-0.25, -0.2) is 9.13 Å². The largest absolute Gasteiger partial charge is 0.472 e. The van der Waals surface area contributed by atoms with E-state index in [9.17, 15) is 43.5 Å². The Hall–Kier alpha value is -5.87. The van der Waals surface area contributed by atoms with E-state index in [4.69, 9.17) is 32.3 Å². The highest BCUT2D eigenvalue weighted by atomic mass is 31.2. The number of phosphoric acid groups is 2. The van der Waals surface area contributed by atoms with E-state index in [-0.39, 0.29) is 19.3 Å². The molecule has 0 aromatic heterocycles. The zero-order valence-corrected chi connectivity index (χ0v) is 66.3. The molecular formula is C87H138O16P2. The lowest BCUT2D eigenvalue weighted by molar-refractivity contribution is -0.161. The van der Waals surface area contributed by atoms with Gasteiger partial charge in [-0.2, -0.15) is 0 Å². The number of allylic oxidation sites excluding steroid dienone is 34. The van der Waals surface area contributed by atoms with E-state index in [2.05, 4.69) is 215 Å². The normalized spacial score (nSPS) is 15.1. The topological polar surface area (TPSA) is 231 Å². The molecule has 0 aliphatic rings. The second-order valence-corrected chi connectivity index (χ2v) is 28.3. The Labute approximate surface area is 635 Å². The van der Waals surface area contributed by atoms with Crippen molar-refractivity contribution in [1.29, 1.82) is 0 Å². The van der Waals surface area contributed by atoms with Crippen LogP contribution in [-0.4, -0.2) is 95.9 Å². The fourth-order valence-corrected chi connectivity index (χ4v) is 11.2. The van der Waals surface area contributed by atoms with Gasteiger partial charge in [0.2, 0.25) is 0 Å². The summed E-state index contributed by atoms with van der Waals surface area (Å²) >= 11 is 0. The Balaban J connectivity index is 4.71. The molecule has 0 saturated carbocycles. The fraction of sp³-hybridized carbons (Fsp3) is 0.575. The average Bonchev–Trinajstić information content (AvgIpc) is 0.911. The van der Waals surface area contributed by atoms with Crippen LogP contribution in [0.5, 0.6) is 0 Å². The molecule has 0 aromatic rings. The van der Waals surface area contributed by atoms with Gasteiger partial charge in [-0.05, 0) is 161 Å². The predicted molar refractivity (Wildman–Crippen MR) is 435 cm³/mol. The van der Waals surface area contributed by atoms with E-state index in [1.54, 1.807) is 0 Å². The number of aliphatic hydroxyl groups is 2. The number of hydrogen-bond acceptors (Lipinski definition) is 14. The summed E-state index contributed by atoms with van der Waals surface area (Å²) in [5.41, 5.74) is 0. The van der Waals surface area contributed by atoms with Crippen LogP contribution < -0.4 is 0 Å². The van der Waals surface area contributed by atoms with Crippen LogP contribution in [-0.2, 0) is 55.8 Å². The van der Waals surface area contributed by atoms with E-state index in [1.165, 1.54) is 19.3 Å². The SMILES string of the molecule is CC/C=C\C/C=C\C/C=C\C/C=C\C/C=C\C/C=C\CCCCCCCCCCC(=O)OCC(O)COP(=O)(O)OCC(O)COP(=O)(O)OCC(COC(=O)CCCCCCCC/C=C\C/C=C\C/C=C\C/C=C\C/C=C\C/C=C\CC)OC(=O)CCC/C=C\C/C=C\C/C=C\C/C=C\C/C=C\CC. The van der Waals surface area contributed by atoms with Crippen molar-refractivity contribution in [2.75, 3.05) is 39.6 Å². The second kappa shape index (κ2) is 77.7. The second-order valence-electron chi connectivity index (χ2n) is 25.4. The molecule has 0 aliphatic carbocycles. The molecule has 0 aliphatic heterocycles. The van der Waals surface area contributed by atoms with Gasteiger partial charge >= 0.3 is 33.6 Å². The summed E-state index contributed by atoms with van der Waals surface area (Å²) < 4.78 is 61.1. The van der Waals surface area contributed by atoms with Gasteiger partial charge in [0.05, 0.1) is 26.4 Å². The first-order chi connectivity index (χ1) is 51.2. The molecule has 0 heterocycles. The average molecular weight is 1500 g/mol. The Morgan fingerprint density at radius 2 is 0.486 bits per heavy atom. The Bertz CT molecular complexity index is 2740. The van der Waals surface area contributed by atoms with Gasteiger partial charge in [0.1, 0.15) is 25.4 Å². The van der Waals surface area contributed by atoms with Gasteiger partial charge in [0, 0.05) is 19.3 Å². The number of phosphoric ester groups is 2. The lowest BCUT2D eigenvalue weighted by Crippen LogP contribution is -2.30. The molecule has 0 rings (SSSR count). The first kappa shape index (κ1) is 99.1. The van der Waals surface area contributed by atoms with Crippen LogP contribution in [0.15, 0.2) is 207 Å². The molecule has 0 radical (unpaired) electrons. The van der Waals surface area contributed by atoms with Gasteiger partial charge in [-0.15, -0.1) is 0 Å². The standard InChI is InChI=1S/C87H138O16P2/c1-4-7-10-13-16-19-22-25-28-31-33-35-37-39-40-42-44-45-47-50-52-55-58-61-64-67-70-73-85(90)97-76-82(88)77-99-104(93,94)100-78-83(89)79-101-105(95,96)102-81-84(103-87(92)75-72-69-66-63-60-57-54-49-30-27-24-21-18-15-12-9-6-3)80-98-86(91)74-71-68-65-62-59-56-53-51-48-46-43-41-38-36-34-32-29-26-23-20-17-14-11-8-5-2/h7-12,16-21,25-30,33-36,39-41,43-45,48,51,54,57,63,66,82-84,88-89H,4-6,13-15,22-24,31-32,37-38,42,46-47,49-50,52-53,55-56,58-62,64-65,67-81H2,1-3H3,(H,93,94)(H,95,96)/b10-7-,11-8-,12-9-,19-16-,20-17-,21-18-,28-25-,29-26-,30-27-,35-33-,36-34-,40-39-,43-41-,45-44-,51-48-,57-54-,66-63-. The van der Waals surface area contributed by atoms with Crippen LogP contribution in [0.4, 0.5) is 0 Å². The lowest BCUT2D eigenvalue weighted by Gasteiger charge is -2.21. The van der Waals surface area contributed by atoms with Crippen molar-refractivity contribution in [3.63, 3.8) is 0 Å². The zero-order valence-electron chi connectivity index (χ0n) is 64.6. The van der Waals surface area contributed by atoms with Crippen LogP contribution in [0.25, 0.3) is 0 Å². The summed E-state index contributed by atoms with van der Waals surface area (Å²) in [5, 5.41) is 20.6. The van der Waals surface area contributed by atoms with Gasteiger partial charge in [0.15, 0.2) is 6.10 Å². The molecule has 0 spiro atoms. The first-order valence-electron chi connectivity index (χ1n) is 39.4. The molecule has 0 aromatic carbocycles. The maximum absolute atomic E-state index is 13.0. The van der Waals surface area contributed by atoms with E-state index in [0.717, 1.165) is 180 Å². The van der Waals surface area contributed by atoms with Crippen LogP contribution >= 0.6 is 15.6 Å². The van der Waals surface area contributed by atoms with Crippen LogP contribution in [0.1, 0.15) is 265 Å². The van der Waals surface area contributed by atoms with Crippen LogP contribution in [0, 0.1) is 0 Å². The third-order valence-corrected chi connectivity index (χ3v) is 17.4. The van der Waals surface area contributed by atoms with Crippen molar-refractivity contribution in [2.45, 2.75) is 283 Å². The summed E-state index contributed by atoms with van der Waals surface area (Å²) in [6, 6.07) is 0. The maximum Gasteiger partial charge on any atom is 0.472 e. The fourth-order valence-electron chi connectivity index (χ4n) is 9.61. The van der Waals surface area contributed by atoms with Gasteiger partial charge in [-0.3, -0.25) is 32.5 Å². The lowest BCUT2D eigenvalue weighted by atomic mass is 10.1. The maximum atomic E-state index is 13.0. The summed E-state index contributed by atoms with van der Waals surface area (Å²) in [6.07, 6.45) is 103. The molecule has 0 amide bonds. The molecule has 105 heavy (non-hydrogen) atoms. The minimum absolute atomic E-state index is 0.0137. The molecule has 0 fully saturated rings. The zero-order chi connectivity index (χ0) is 76.6. The van der Waals surface area contributed by atoms with E-state index in [0.29, 0.717) is 25.7 Å². The minimum Gasteiger partial charge on any atom is -0.463 e. The van der Waals surface area contributed by atoms with Gasteiger partial charge in [0.25, 0.3) is 0 Å². The molecular weight excluding hydrogens is 1360 g/mol. The highest BCUT2D eigenvalue weighted by Crippen LogP contribution is 2.45. The quantitative estimate of drug-likeness (QED) is 0.0146. The molecule has 16 nitrogen and oxygen atoms in total. The number of ether oxygens (including phenoxy) is 3. The summed E-state index contributed by atoms with van der Waals surface area (Å²) in [5.74, 6) is -1.69. The Morgan fingerprint density at radius 1 is 0.267 bits per heavy atom. The number of unbranched alkanes of at least 4 members (excludes halogenated alkanes) is 15. The van der Waals surface area contributed by atoms with Crippen molar-refractivity contribution in [3.8, 4) is 0 Å². The number of esters is 3. The number of carbonyl (C=O) groups excluding carboxylic acids is 3.